The van der Waals surface area contributed by atoms with E-state index in [1.165, 1.54) is 18.5 Å². The minimum Gasteiger partial charge on any atom is -0.372 e. The van der Waals surface area contributed by atoms with Crippen molar-refractivity contribution in [3.05, 3.63) is 71.1 Å². The van der Waals surface area contributed by atoms with Gasteiger partial charge in [-0.3, -0.25) is 14.2 Å². The molecule has 8 nitrogen and oxygen atoms in total. The van der Waals surface area contributed by atoms with Crippen molar-refractivity contribution in [1.29, 1.82) is 0 Å². The molecule has 4 aromatic rings. The average Bonchev–Trinajstić information content (AvgIpc) is 3.61. The van der Waals surface area contributed by atoms with Crippen LogP contribution in [0.4, 0.5) is 17.2 Å². The Morgan fingerprint density at radius 2 is 1.58 bits per heavy atom. The molecule has 0 saturated carbocycles. The lowest BCUT2D eigenvalue weighted by atomic mass is 10.1. The number of anilines is 3. The van der Waals surface area contributed by atoms with Gasteiger partial charge in [-0.05, 0) is 37.1 Å². The zero-order chi connectivity index (χ0) is 26.1. The molecular weight excluding hydrogens is 521 g/mol. The van der Waals surface area contributed by atoms with Gasteiger partial charge in [-0.1, -0.05) is 41.4 Å². The third-order valence-corrected chi connectivity index (χ3v) is 7.88. The maximum Gasteiger partial charge on any atom is 0.242 e. The van der Waals surface area contributed by atoms with Gasteiger partial charge in [-0.25, -0.2) is 4.98 Å². The Balaban J connectivity index is 1.16. The van der Waals surface area contributed by atoms with Crippen LogP contribution in [0.5, 0.6) is 0 Å². The SMILES string of the molecule is O=C(CNc1c(-c2ccc(N3CCCC3)cc2)nc2ccccn12)N1CCN(c2c(Cl)cncc2Cl)CC1. The maximum atomic E-state index is 13.2. The molecule has 1 aromatic carbocycles. The summed E-state index contributed by atoms with van der Waals surface area (Å²) in [4.78, 5) is 28.5. The summed E-state index contributed by atoms with van der Waals surface area (Å²) in [7, 11) is 0. The van der Waals surface area contributed by atoms with Crippen LogP contribution in [-0.2, 0) is 4.79 Å². The summed E-state index contributed by atoms with van der Waals surface area (Å²) in [6.07, 6.45) is 7.65. The van der Waals surface area contributed by atoms with E-state index in [1.54, 1.807) is 12.4 Å². The number of fused-ring (bicyclic) bond motifs is 1. The summed E-state index contributed by atoms with van der Waals surface area (Å²) in [5.74, 6) is 0.856. The Hall–Kier alpha value is -3.49. The second-order valence-corrected chi connectivity index (χ2v) is 10.5. The van der Waals surface area contributed by atoms with Crippen molar-refractivity contribution in [3.63, 3.8) is 0 Å². The van der Waals surface area contributed by atoms with Crippen LogP contribution >= 0.6 is 23.2 Å². The van der Waals surface area contributed by atoms with Crippen LogP contribution in [0.25, 0.3) is 16.9 Å². The number of hydrogen-bond acceptors (Lipinski definition) is 6. The Morgan fingerprint density at radius 3 is 2.29 bits per heavy atom. The molecule has 1 N–H and O–H groups in total. The zero-order valence-electron chi connectivity index (χ0n) is 21.0. The van der Waals surface area contributed by atoms with Crippen LogP contribution in [0, 0.1) is 0 Å². The quantitative estimate of drug-likeness (QED) is 0.362. The predicted molar refractivity (Wildman–Crippen MR) is 154 cm³/mol. The smallest absolute Gasteiger partial charge is 0.242 e. The number of rotatable bonds is 6. The highest BCUT2D eigenvalue weighted by Gasteiger charge is 2.25. The molecule has 0 unspecified atom stereocenters. The van der Waals surface area contributed by atoms with Gasteiger partial charge in [-0.2, -0.15) is 0 Å². The first-order valence-corrected chi connectivity index (χ1v) is 13.7. The van der Waals surface area contributed by atoms with E-state index >= 15 is 0 Å². The number of piperazine rings is 1. The molecule has 38 heavy (non-hydrogen) atoms. The lowest BCUT2D eigenvalue weighted by Gasteiger charge is -2.36. The maximum absolute atomic E-state index is 13.2. The molecule has 5 heterocycles. The van der Waals surface area contributed by atoms with Gasteiger partial charge in [0.25, 0.3) is 0 Å². The third-order valence-electron chi connectivity index (χ3n) is 7.33. The Kier molecular flexibility index (Phi) is 7.00. The highest BCUT2D eigenvalue weighted by Crippen LogP contribution is 2.33. The van der Waals surface area contributed by atoms with Gasteiger partial charge in [0.15, 0.2) is 0 Å². The van der Waals surface area contributed by atoms with E-state index in [1.807, 2.05) is 33.7 Å². The molecular formula is C28H29Cl2N7O. The van der Waals surface area contributed by atoms with E-state index in [0.29, 0.717) is 36.2 Å². The van der Waals surface area contributed by atoms with E-state index in [2.05, 4.69) is 44.4 Å². The largest absolute Gasteiger partial charge is 0.372 e. The van der Waals surface area contributed by atoms with Gasteiger partial charge in [0.1, 0.15) is 17.2 Å². The number of halogens is 2. The lowest BCUT2D eigenvalue weighted by Crippen LogP contribution is -2.50. The number of hydrogen-bond donors (Lipinski definition) is 1. The van der Waals surface area contributed by atoms with Crippen molar-refractivity contribution in [2.24, 2.45) is 0 Å². The molecule has 6 rings (SSSR count). The van der Waals surface area contributed by atoms with Crippen molar-refractivity contribution >= 4 is 51.9 Å². The molecule has 3 aromatic heterocycles. The molecule has 2 aliphatic heterocycles. The molecule has 0 atom stereocenters. The summed E-state index contributed by atoms with van der Waals surface area (Å²) in [6.45, 7) is 4.89. The number of nitrogens with zero attached hydrogens (tertiary/aromatic N) is 6. The second kappa shape index (κ2) is 10.7. The van der Waals surface area contributed by atoms with E-state index in [9.17, 15) is 4.79 Å². The molecule has 2 fully saturated rings. The fourth-order valence-corrected chi connectivity index (χ4v) is 5.93. The van der Waals surface area contributed by atoms with Crippen molar-refractivity contribution in [2.75, 3.05) is 60.9 Å². The normalized spacial score (nSPS) is 15.9. The molecule has 0 radical (unpaired) electrons. The Morgan fingerprint density at radius 1 is 0.868 bits per heavy atom. The number of carbonyl (C=O) groups excluding carboxylic acids is 1. The second-order valence-electron chi connectivity index (χ2n) is 9.65. The number of amides is 1. The van der Waals surface area contributed by atoms with Crippen LogP contribution in [0.15, 0.2) is 61.1 Å². The molecule has 0 aliphatic carbocycles. The van der Waals surface area contributed by atoms with Gasteiger partial charge in [0.05, 0.1) is 22.3 Å². The van der Waals surface area contributed by atoms with Gasteiger partial charge in [-0.15, -0.1) is 0 Å². The number of imidazole rings is 1. The Labute approximate surface area is 231 Å². The summed E-state index contributed by atoms with van der Waals surface area (Å²) >= 11 is 12.7. The number of nitrogens with one attached hydrogen (secondary N) is 1. The van der Waals surface area contributed by atoms with E-state index < -0.39 is 0 Å². The third kappa shape index (κ3) is 4.86. The molecule has 10 heteroatoms. The van der Waals surface area contributed by atoms with Gasteiger partial charge in [0, 0.05) is 69.1 Å². The van der Waals surface area contributed by atoms with Gasteiger partial charge in [0.2, 0.25) is 5.91 Å². The van der Waals surface area contributed by atoms with Gasteiger partial charge >= 0.3 is 0 Å². The summed E-state index contributed by atoms with van der Waals surface area (Å²) < 4.78 is 2.00. The summed E-state index contributed by atoms with van der Waals surface area (Å²) in [6, 6.07) is 14.5. The highest BCUT2D eigenvalue weighted by molar-refractivity contribution is 6.38. The standard InChI is InChI=1S/C28H29Cl2N7O/c29-22-17-31-18-23(30)27(22)36-15-13-35(14-16-36)25(38)19-32-28-26(33-24-5-1-2-12-37(24)28)20-6-8-21(9-7-20)34-10-3-4-11-34/h1-2,5-9,12,17-18,32H,3-4,10-11,13-16,19H2. The van der Waals surface area contributed by atoms with Crippen LogP contribution in [0.3, 0.4) is 0 Å². The van der Waals surface area contributed by atoms with Crippen molar-refractivity contribution in [2.45, 2.75) is 12.8 Å². The predicted octanol–water partition coefficient (Wildman–Crippen LogP) is 5.06. The van der Waals surface area contributed by atoms with E-state index in [4.69, 9.17) is 28.2 Å². The minimum atomic E-state index is 0.0396. The molecule has 2 saturated heterocycles. The topological polar surface area (TPSA) is 69.0 Å². The van der Waals surface area contributed by atoms with Crippen LogP contribution in [-0.4, -0.2) is 71.0 Å². The molecule has 0 bridgehead atoms. The van der Waals surface area contributed by atoms with Crippen molar-refractivity contribution in [3.8, 4) is 11.3 Å². The number of benzene rings is 1. The van der Waals surface area contributed by atoms with Crippen molar-refractivity contribution < 1.29 is 4.79 Å². The van der Waals surface area contributed by atoms with E-state index in [0.717, 1.165) is 41.5 Å². The minimum absolute atomic E-state index is 0.0396. The first-order chi connectivity index (χ1) is 18.6. The summed E-state index contributed by atoms with van der Waals surface area (Å²) in [5, 5.41) is 4.44. The Bertz CT molecular complexity index is 1420. The highest BCUT2D eigenvalue weighted by atomic mass is 35.5. The van der Waals surface area contributed by atoms with Crippen LogP contribution in [0.2, 0.25) is 10.0 Å². The first kappa shape index (κ1) is 24.8. The monoisotopic (exact) mass is 549 g/mol. The number of aromatic nitrogens is 3. The molecule has 2 aliphatic rings. The average molecular weight is 550 g/mol. The zero-order valence-corrected chi connectivity index (χ0v) is 22.5. The van der Waals surface area contributed by atoms with E-state index in [-0.39, 0.29) is 12.5 Å². The summed E-state index contributed by atoms with van der Waals surface area (Å²) in [5.41, 5.74) is 4.71. The molecule has 0 spiro atoms. The number of carbonyl (C=O) groups is 1. The molecule has 196 valence electrons. The lowest BCUT2D eigenvalue weighted by molar-refractivity contribution is -0.129. The van der Waals surface area contributed by atoms with Crippen LogP contribution < -0.4 is 15.1 Å². The molecule has 1 amide bonds. The number of pyridine rings is 2. The fraction of sp³-hybridized carbons (Fsp3) is 0.321. The van der Waals surface area contributed by atoms with Crippen molar-refractivity contribution in [1.82, 2.24) is 19.3 Å². The fourth-order valence-electron chi connectivity index (χ4n) is 5.33. The first-order valence-electron chi connectivity index (χ1n) is 13.0. The van der Waals surface area contributed by atoms with Crippen LogP contribution in [0.1, 0.15) is 12.8 Å². The van der Waals surface area contributed by atoms with Gasteiger partial charge < -0.3 is 20.0 Å².